The normalized spacial score (nSPS) is 11.8. The molecule has 0 N–H and O–H groups in total. The fourth-order valence-corrected chi connectivity index (χ4v) is 8.52. The van der Waals surface area contributed by atoms with Gasteiger partial charge < -0.3 is 18.2 Å². The van der Waals surface area contributed by atoms with Gasteiger partial charge in [-0.15, -0.1) is 0 Å². The molecule has 0 amide bonds. The van der Waals surface area contributed by atoms with Crippen LogP contribution in [0.5, 0.6) is 0 Å². The first-order valence-corrected chi connectivity index (χ1v) is 19.4. The first-order valence-electron chi connectivity index (χ1n) is 19.4. The Hall–Kier alpha value is -7.89. The highest BCUT2D eigenvalue weighted by Gasteiger charge is 2.20. The second-order valence-corrected chi connectivity index (χ2v) is 14.7. The lowest BCUT2D eigenvalue weighted by Crippen LogP contribution is -2.10. The van der Waals surface area contributed by atoms with Crippen LogP contribution in [0, 0.1) is 0 Å². The number of hydrogen-bond acceptors (Lipinski definition) is 5. The predicted molar refractivity (Wildman–Crippen MR) is 237 cm³/mol. The number of fused-ring (bicyclic) bond motifs is 8. The highest BCUT2D eigenvalue weighted by molar-refractivity contribution is 6.14. The number of anilines is 3. The molecule has 0 radical (unpaired) electrons. The summed E-state index contributed by atoms with van der Waals surface area (Å²) >= 11 is 0. The number of benzene rings is 9. The maximum atomic E-state index is 6.37. The van der Waals surface area contributed by atoms with Crippen LogP contribution in [0.1, 0.15) is 0 Å². The zero-order chi connectivity index (χ0) is 38.2. The van der Waals surface area contributed by atoms with Crippen molar-refractivity contribution in [3.8, 4) is 33.7 Å². The van der Waals surface area contributed by atoms with Gasteiger partial charge in [-0.25, -0.2) is 4.98 Å². The van der Waals surface area contributed by atoms with E-state index in [0.717, 1.165) is 83.1 Å². The largest absolute Gasteiger partial charge is 0.456 e. The minimum atomic E-state index is 0.598. The lowest BCUT2D eigenvalue weighted by atomic mass is 9.98. The quantitative estimate of drug-likeness (QED) is 0.170. The van der Waals surface area contributed by atoms with Crippen molar-refractivity contribution in [2.75, 3.05) is 4.90 Å². The number of nitrogens with zero attached hydrogens (tertiary/aromatic N) is 2. The summed E-state index contributed by atoms with van der Waals surface area (Å²) in [7, 11) is 0. The first-order chi connectivity index (χ1) is 28.7. The molecule has 0 unspecified atom stereocenters. The average Bonchev–Trinajstić information content (AvgIpc) is 3.99. The van der Waals surface area contributed by atoms with Gasteiger partial charge in [0.2, 0.25) is 5.89 Å². The van der Waals surface area contributed by atoms with Gasteiger partial charge in [-0.1, -0.05) is 115 Å². The van der Waals surface area contributed by atoms with Gasteiger partial charge in [-0.2, -0.15) is 0 Å². The van der Waals surface area contributed by atoms with Gasteiger partial charge >= 0.3 is 0 Å². The first kappa shape index (κ1) is 32.4. The molecule has 12 aromatic rings. The standard InChI is InChI=1S/C53H32N2O3/c1-2-11-36(12-3-1)53-54-45-31-44-43-30-37(24-29-48(43)57-50(44)32-51(45)58-53)33-20-25-38(26-21-33)55(46-17-9-19-49-52(46)42-15-6-7-18-47(42)56-49)39-27-22-35(23-28-39)41-16-8-13-34-10-4-5-14-40(34)41/h1-32H. The van der Waals surface area contributed by atoms with Crippen LogP contribution in [0.4, 0.5) is 17.1 Å². The van der Waals surface area contributed by atoms with Crippen LogP contribution in [-0.2, 0) is 0 Å². The van der Waals surface area contributed by atoms with E-state index in [1.807, 2.05) is 48.5 Å². The van der Waals surface area contributed by atoms with E-state index in [2.05, 4.69) is 150 Å². The maximum absolute atomic E-state index is 6.37. The second-order valence-electron chi connectivity index (χ2n) is 14.7. The number of para-hydroxylation sites is 1. The van der Waals surface area contributed by atoms with Gasteiger partial charge in [0.1, 0.15) is 27.8 Å². The third kappa shape index (κ3) is 5.21. The van der Waals surface area contributed by atoms with Crippen molar-refractivity contribution in [1.82, 2.24) is 4.98 Å². The average molecular weight is 745 g/mol. The van der Waals surface area contributed by atoms with E-state index < -0.39 is 0 Å². The Kier molecular flexibility index (Phi) is 7.16. The van der Waals surface area contributed by atoms with Crippen molar-refractivity contribution >= 4 is 82.8 Å². The van der Waals surface area contributed by atoms with Gasteiger partial charge in [0, 0.05) is 39.2 Å². The van der Waals surface area contributed by atoms with Crippen LogP contribution in [0.2, 0.25) is 0 Å². The zero-order valence-electron chi connectivity index (χ0n) is 31.1. The van der Waals surface area contributed by atoms with Crippen molar-refractivity contribution in [2.45, 2.75) is 0 Å². The van der Waals surface area contributed by atoms with E-state index in [0.29, 0.717) is 11.5 Å². The molecular weight excluding hydrogens is 713 g/mol. The Morgan fingerprint density at radius 2 is 1.00 bits per heavy atom. The zero-order valence-corrected chi connectivity index (χ0v) is 31.1. The Bertz CT molecular complexity index is 3500. The van der Waals surface area contributed by atoms with E-state index in [1.165, 1.54) is 21.9 Å². The van der Waals surface area contributed by atoms with Crippen LogP contribution in [-0.4, -0.2) is 4.98 Å². The smallest absolute Gasteiger partial charge is 0.227 e. The molecule has 0 spiro atoms. The van der Waals surface area contributed by atoms with E-state index >= 15 is 0 Å². The number of aromatic nitrogens is 1. The lowest BCUT2D eigenvalue weighted by Gasteiger charge is -2.26. The summed E-state index contributed by atoms with van der Waals surface area (Å²) in [5.74, 6) is 0.598. The Labute approximate surface area is 332 Å². The van der Waals surface area contributed by atoms with Crippen LogP contribution < -0.4 is 4.90 Å². The fourth-order valence-electron chi connectivity index (χ4n) is 8.52. The number of furan rings is 2. The molecule has 0 aliphatic rings. The van der Waals surface area contributed by atoms with Crippen LogP contribution in [0.3, 0.4) is 0 Å². The molecule has 0 aliphatic carbocycles. The molecule has 9 aromatic carbocycles. The summed E-state index contributed by atoms with van der Waals surface area (Å²) in [6.07, 6.45) is 0. The highest BCUT2D eigenvalue weighted by atomic mass is 16.4. The van der Waals surface area contributed by atoms with Crippen molar-refractivity contribution < 1.29 is 13.3 Å². The second kappa shape index (κ2) is 12.8. The molecule has 12 rings (SSSR count). The molecular formula is C53H32N2O3. The number of hydrogen-bond donors (Lipinski definition) is 0. The third-order valence-electron chi connectivity index (χ3n) is 11.3. The molecule has 272 valence electrons. The third-order valence-corrected chi connectivity index (χ3v) is 11.3. The Balaban J connectivity index is 0.956. The molecule has 0 aliphatic heterocycles. The van der Waals surface area contributed by atoms with Gasteiger partial charge in [0.15, 0.2) is 5.58 Å². The van der Waals surface area contributed by atoms with Crippen LogP contribution in [0.25, 0.3) is 99.5 Å². The molecule has 0 fully saturated rings. The number of oxazole rings is 1. The molecule has 5 heteroatoms. The van der Waals surface area contributed by atoms with E-state index in [1.54, 1.807) is 0 Å². The minimum Gasteiger partial charge on any atom is -0.456 e. The number of rotatable bonds is 6. The van der Waals surface area contributed by atoms with Crippen molar-refractivity contribution in [2.24, 2.45) is 0 Å². The lowest BCUT2D eigenvalue weighted by molar-refractivity contribution is 0.617. The van der Waals surface area contributed by atoms with Crippen LogP contribution in [0.15, 0.2) is 207 Å². The highest BCUT2D eigenvalue weighted by Crippen LogP contribution is 2.44. The molecule has 3 aromatic heterocycles. The summed E-state index contributed by atoms with van der Waals surface area (Å²) in [4.78, 5) is 7.16. The van der Waals surface area contributed by atoms with Crippen molar-refractivity contribution in [1.29, 1.82) is 0 Å². The Morgan fingerprint density at radius 3 is 1.84 bits per heavy atom. The molecule has 0 saturated heterocycles. The topological polar surface area (TPSA) is 55.6 Å². The van der Waals surface area contributed by atoms with Gasteiger partial charge in [0.05, 0.1) is 11.1 Å². The molecule has 0 bridgehead atoms. The Morgan fingerprint density at radius 1 is 0.362 bits per heavy atom. The summed E-state index contributed by atoms with van der Waals surface area (Å²) in [6.45, 7) is 0. The summed E-state index contributed by atoms with van der Waals surface area (Å²) in [6, 6.07) is 67.7. The predicted octanol–water partition coefficient (Wildman–Crippen LogP) is 15.3. The molecule has 5 nitrogen and oxygen atoms in total. The van der Waals surface area contributed by atoms with E-state index in [-0.39, 0.29) is 0 Å². The molecule has 58 heavy (non-hydrogen) atoms. The van der Waals surface area contributed by atoms with Gasteiger partial charge in [-0.3, -0.25) is 0 Å². The van der Waals surface area contributed by atoms with E-state index in [9.17, 15) is 0 Å². The SMILES string of the molecule is c1ccc(-c2nc3cc4c(cc3o2)oc2ccc(-c3ccc(N(c5ccc(-c6cccc7ccccc67)cc5)c5cccc6oc7ccccc7c56)cc3)cc24)cc1. The molecule has 0 saturated carbocycles. The van der Waals surface area contributed by atoms with Gasteiger partial charge in [0.25, 0.3) is 0 Å². The summed E-state index contributed by atoms with van der Waals surface area (Å²) in [5, 5.41) is 6.68. The van der Waals surface area contributed by atoms with Crippen molar-refractivity contribution in [3.63, 3.8) is 0 Å². The monoisotopic (exact) mass is 744 g/mol. The van der Waals surface area contributed by atoms with E-state index in [4.69, 9.17) is 18.2 Å². The van der Waals surface area contributed by atoms with Crippen LogP contribution >= 0.6 is 0 Å². The van der Waals surface area contributed by atoms with Gasteiger partial charge in [-0.05, 0) is 106 Å². The maximum Gasteiger partial charge on any atom is 0.227 e. The van der Waals surface area contributed by atoms with Crippen molar-refractivity contribution in [3.05, 3.63) is 194 Å². The molecule has 0 atom stereocenters. The molecule has 3 heterocycles. The minimum absolute atomic E-state index is 0.598. The summed E-state index contributed by atoms with van der Waals surface area (Å²) < 4.78 is 18.8. The fraction of sp³-hybridized carbons (Fsp3) is 0. The summed E-state index contributed by atoms with van der Waals surface area (Å²) in [5.41, 5.74) is 13.5.